The zero-order chi connectivity index (χ0) is 13.7. The van der Waals surface area contributed by atoms with Crippen LogP contribution in [0.2, 0.25) is 5.02 Å². The summed E-state index contributed by atoms with van der Waals surface area (Å²) >= 11 is 5.81. The van der Waals surface area contributed by atoms with Gasteiger partial charge in [-0.05, 0) is 35.9 Å². The molecule has 1 N–H and O–H groups in total. The minimum absolute atomic E-state index is 0.0345. The first kappa shape index (κ1) is 13.8. The molecule has 0 bridgehead atoms. The molecule has 1 aliphatic rings. The molecule has 1 fully saturated rings. The van der Waals surface area contributed by atoms with Gasteiger partial charge in [0.15, 0.2) is 0 Å². The highest BCUT2D eigenvalue weighted by Crippen LogP contribution is 2.72. The Bertz CT molecular complexity index is 454. The molecule has 3 heteroatoms. The Morgan fingerprint density at radius 2 is 1.78 bits per heavy atom. The van der Waals surface area contributed by atoms with Gasteiger partial charge in [0.1, 0.15) is 5.82 Å². The quantitative estimate of drug-likeness (QED) is 0.856. The van der Waals surface area contributed by atoms with Gasteiger partial charge in [-0.2, -0.15) is 0 Å². The Kier molecular flexibility index (Phi) is 3.23. The molecule has 0 spiro atoms. The molecule has 1 nitrogen and oxygen atoms in total. The van der Waals surface area contributed by atoms with E-state index in [1.54, 1.807) is 12.1 Å². The lowest BCUT2D eigenvalue weighted by molar-refractivity contribution is 0.421. The van der Waals surface area contributed by atoms with Crippen molar-refractivity contribution < 1.29 is 4.39 Å². The minimum Gasteiger partial charge on any atom is -0.313 e. The van der Waals surface area contributed by atoms with Crippen LogP contribution in [0.3, 0.4) is 0 Å². The lowest BCUT2D eigenvalue weighted by Crippen LogP contribution is -2.22. The second-order valence-electron chi connectivity index (χ2n) is 6.35. The van der Waals surface area contributed by atoms with Gasteiger partial charge in [0.2, 0.25) is 0 Å². The highest BCUT2D eigenvalue weighted by molar-refractivity contribution is 6.30. The molecule has 2 rings (SSSR count). The minimum atomic E-state index is -0.222. The van der Waals surface area contributed by atoms with Crippen LogP contribution < -0.4 is 5.32 Å². The summed E-state index contributed by atoms with van der Waals surface area (Å²) in [5.41, 5.74) is 1.14. The van der Waals surface area contributed by atoms with Crippen LogP contribution in [0.15, 0.2) is 18.2 Å². The third-order valence-electron chi connectivity index (χ3n) is 5.07. The molecule has 1 saturated carbocycles. The number of hydrogen-bond acceptors (Lipinski definition) is 1. The van der Waals surface area contributed by atoms with Crippen molar-refractivity contribution in [2.45, 2.75) is 33.7 Å². The maximum atomic E-state index is 14.1. The number of benzene rings is 1. The Balaban J connectivity index is 2.37. The van der Waals surface area contributed by atoms with E-state index in [2.05, 4.69) is 33.0 Å². The van der Waals surface area contributed by atoms with E-state index in [4.69, 9.17) is 11.6 Å². The van der Waals surface area contributed by atoms with Gasteiger partial charge in [-0.1, -0.05) is 45.4 Å². The Morgan fingerprint density at radius 3 is 2.17 bits per heavy atom. The van der Waals surface area contributed by atoms with Crippen molar-refractivity contribution in [1.82, 2.24) is 5.32 Å². The molecule has 0 heterocycles. The summed E-state index contributed by atoms with van der Waals surface area (Å²) in [5.74, 6) is 0.200. The summed E-state index contributed by atoms with van der Waals surface area (Å²) in [4.78, 5) is 0. The van der Waals surface area contributed by atoms with E-state index in [1.807, 2.05) is 7.05 Å². The Morgan fingerprint density at radius 1 is 1.22 bits per heavy atom. The fourth-order valence-electron chi connectivity index (χ4n) is 3.34. The van der Waals surface area contributed by atoms with E-state index in [9.17, 15) is 4.39 Å². The maximum absolute atomic E-state index is 14.1. The highest BCUT2D eigenvalue weighted by atomic mass is 35.5. The molecule has 1 unspecified atom stereocenters. The van der Waals surface area contributed by atoms with Crippen LogP contribution in [0.4, 0.5) is 4.39 Å². The molecule has 18 heavy (non-hydrogen) atoms. The lowest BCUT2D eigenvalue weighted by atomic mass is 9.96. The number of rotatable bonds is 3. The summed E-state index contributed by atoms with van der Waals surface area (Å²) in [7, 11) is 1.89. The molecule has 0 aromatic heterocycles. The van der Waals surface area contributed by atoms with Gasteiger partial charge in [0.25, 0.3) is 0 Å². The van der Waals surface area contributed by atoms with Gasteiger partial charge in [0.05, 0.1) is 0 Å². The molecular weight excluding hydrogens is 249 g/mol. The van der Waals surface area contributed by atoms with Gasteiger partial charge in [-0.25, -0.2) is 4.39 Å². The summed E-state index contributed by atoms with van der Waals surface area (Å²) < 4.78 is 14.1. The predicted molar refractivity (Wildman–Crippen MR) is 74.3 cm³/mol. The van der Waals surface area contributed by atoms with Gasteiger partial charge < -0.3 is 5.32 Å². The van der Waals surface area contributed by atoms with Gasteiger partial charge in [-0.3, -0.25) is 0 Å². The monoisotopic (exact) mass is 269 g/mol. The van der Waals surface area contributed by atoms with Crippen molar-refractivity contribution in [2.75, 3.05) is 7.05 Å². The van der Waals surface area contributed by atoms with E-state index in [0.717, 1.165) is 0 Å². The largest absolute Gasteiger partial charge is 0.313 e. The molecule has 0 amide bonds. The zero-order valence-electron chi connectivity index (χ0n) is 11.6. The van der Waals surface area contributed by atoms with Crippen molar-refractivity contribution >= 4 is 11.6 Å². The predicted octanol–water partition coefficient (Wildman–Crippen LogP) is 4.42. The van der Waals surface area contributed by atoms with E-state index in [1.165, 1.54) is 6.07 Å². The molecule has 0 radical (unpaired) electrons. The van der Waals surface area contributed by atoms with Crippen molar-refractivity contribution in [3.63, 3.8) is 0 Å². The normalized spacial score (nSPS) is 22.8. The van der Waals surface area contributed by atoms with E-state index < -0.39 is 0 Å². The third-order valence-corrected chi connectivity index (χ3v) is 5.31. The van der Waals surface area contributed by atoms with Gasteiger partial charge in [-0.15, -0.1) is 0 Å². The summed E-state index contributed by atoms with van der Waals surface area (Å²) in [6, 6.07) is 4.98. The smallest absolute Gasteiger partial charge is 0.129 e. The maximum Gasteiger partial charge on any atom is 0.129 e. The fraction of sp³-hybridized carbons (Fsp3) is 0.600. The van der Waals surface area contributed by atoms with E-state index in [0.29, 0.717) is 16.5 Å². The van der Waals surface area contributed by atoms with Crippen LogP contribution in [0.5, 0.6) is 0 Å². The fourth-order valence-corrected chi connectivity index (χ4v) is 3.50. The second-order valence-corrected chi connectivity index (χ2v) is 6.79. The van der Waals surface area contributed by atoms with Crippen molar-refractivity contribution in [2.24, 2.45) is 16.7 Å². The Hall–Kier alpha value is -0.600. The molecule has 100 valence electrons. The number of hydrogen-bond donors (Lipinski definition) is 1. The van der Waals surface area contributed by atoms with Crippen LogP contribution in [0, 0.1) is 22.6 Å². The molecule has 1 aromatic carbocycles. The zero-order valence-corrected chi connectivity index (χ0v) is 12.4. The molecule has 1 aliphatic carbocycles. The molecule has 0 aliphatic heterocycles. The standard InChI is InChI=1S/C15H21ClFN/c1-14(2)13(15(14,3)4)12(18-5)10-7-6-9(16)8-11(10)17/h6-8,12-13,18H,1-5H3. The highest BCUT2D eigenvalue weighted by Gasteiger charge is 2.67. The average Bonchev–Trinajstić information content (AvgIpc) is 2.64. The molecule has 1 atom stereocenters. The third kappa shape index (κ3) is 1.86. The van der Waals surface area contributed by atoms with Crippen LogP contribution in [-0.4, -0.2) is 7.05 Å². The number of nitrogens with one attached hydrogen (secondary N) is 1. The van der Waals surface area contributed by atoms with Crippen molar-refractivity contribution in [3.05, 3.63) is 34.6 Å². The van der Waals surface area contributed by atoms with E-state index in [-0.39, 0.29) is 22.7 Å². The van der Waals surface area contributed by atoms with Gasteiger partial charge >= 0.3 is 0 Å². The first-order chi connectivity index (χ1) is 8.23. The van der Waals surface area contributed by atoms with Crippen molar-refractivity contribution in [3.8, 4) is 0 Å². The summed E-state index contributed by atoms with van der Waals surface area (Å²) in [6.07, 6.45) is 0. The van der Waals surface area contributed by atoms with Crippen LogP contribution >= 0.6 is 11.6 Å². The molecule has 0 saturated heterocycles. The first-order valence-corrected chi connectivity index (χ1v) is 6.73. The molecule has 1 aromatic rings. The first-order valence-electron chi connectivity index (χ1n) is 6.35. The average molecular weight is 270 g/mol. The lowest BCUT2D eigenvalue weighted by Gasteiger charge is -2.20. The van der Waals surface area contributed by atoms with Crippen LogP contribution in [0.25, 0.3) is 0 Å². The van der Waals surface area contributed by atoms with Crippen LogP contribution in [-0.2, 0) is 0 Å². The SMILES string of the molecule is CNC(c1ccc(Cl)cc1F)C1C(C)(C)C1(C)C. The van der Waals surface area contributed by atoms with Crippen LogP contribution in [0.1, 0.15) is 39.3 Å². The molecular formula is C15H21ClFN. The van der Waals surface area contributed by atoms with Crippen molar-refractivity contribution in [1.29, 1.82) is 0 Å². The second kappa shape index (κ2) is 4.21. The Labute approximate surface area is 114 Å². The summed E-state index contributed by atoms with van der Waals surface area (Å²) in [6.45, 7) is 8.98. The van der Waals surface area contributed by atoms with Gasteiger partial charge in [0, 0.05) is 16.6 Å². The topological polar surface area (TPSA) is 12.0 Å². The number of halogens is 2. The summed E-state index contributed by atoms with van der Waals surface area (Å²) in [5, 5.41) is 3.71. The van der Waals surface area contributed by atoms with E-state index >= 15 is 0 Å².